The van der Waals surface area contributed by atoms with Crippen LogP contribution in [-0.4, -0.2) is 10.6 Å². The first-order valence-corrected chi connectivity index (χ1v) is 6.25. The fraction of sp³-hybridized carbons (Fsp3) is 0.467. The van der Waals surface area contributed by atoms with Crippen LogP contribution in [0.3, 0.4) is 0 Å². The van der Waals surface area contributed by atoms with Crippen molar-refractivity contribution in [3.63, 3.8) is 0 Å². The van der Waals surface area contributed by atoms with Gasteiger partial charge >= 0.3 is 0 Å². The second-order valence-corrected chi connectivity index (χ2v) is 5.90. The van der Waals surface area contributed by atoms with E-state index < -0.39 is 0 Å². The van der Waals surface area contributed by atoms with E-state index >= 15 is 0 Å². The molecule has 2 atom stereocenters. The molecule has 3 rings (SSSR count). The summed E-state index contributed by atoms with van der Waals surface area (Å²) in [4.78, 5) is 0. The number of aromatic nitrogens is 1. The number of nitrogens with two attached hydrogens (primary N) is 1. The van der Waals surface area contributed by atoms with Crippen molar-refractivity contribution < 1.29 is 0 Å². The number of hydrogen-bond acceptors (Lipinski definition) is 1. The number of rotatable bonds is 1. The Morgan fingerprint density at radius 2 is 1.82 bits per heavy atom. The Kier molecular flexibility index (Phi) is 2.00. The van der Waals surface area contributed by atoms with Gasteiger partial charge in [-0.2, -0.15) is 0 Å². The van der Waals surface area contributed by atoms with Crippen LogP contribution >= 0.6 is 0 Å². The number of aryl methyl sites for hydroxylation is 1. The smallest absolute Gasteiger partial charge is 0.0482 e. The Morgan fingerprint density at radius 3 is 2.41 bits per heavy atom. The molecule has 0 amide bonds. The minimum absolute atomic E-state index is 0.245. The van der Waals surface area contributed by atoms with Gasteiger partial charge < -0.3 is 10.3 Å². The number of para-hydroxylation sites is 1. The van der Waals surface area contributed by atoms with E-state index in [1.165, 1.54) is 22.2 Å². The maximum Gasteiger partial charge on any atom is 0.0482 e. The van der Waals surface area contributed by atoms with E-state index in [-0.39, 0.29) is 5.41 Å². The lowest BCUT2D eigenvalue weighted by molar-refractivity contribution is 0.598. The van der Waals surface area contributed by atoms with Crippen LogP contribution in [-0.2, 0) is 7.05 Å². The standard InChI is InChI=1S/C15H20N2/c1-9-12(13-14(16)15(13,2)3)10-7-5-6-8-11(10)17(9)4/h5-8,13-14H,16H2,1-4H3/t13-,14-/m1/s1. The SMILES string of the molecule is Cc1c([C@@H]2[C@@H](N)C2(C)C)c2ccccc2n1C. The van der Waals surface area contributed by atoms with Gasteiger partial charge in [0.15, 0.2) is 0 Å². The van der Waals surface area contributed by atoms with Gasteiger partial charge in [-0.3, -0.25) is 0 Å². The fourth-order valence-electron chi connectivity index (χ4n) is 3.17. The first-order valence-electron chi connectivity index (χ1n) is 6.25. The fourth-order valence-corrected chi connectivity index (χ4v) is 3.17. The molecule has 0 unspecified atom stereocenters. The highest BCUT2D eigenvalue weighted by Crippen LogP contribution is 2.59. The Morgan fingerprint density at radius 1 is 1.24 bits per heavy atom. The van der Waals surface area contributed by atoms with E-state index in [0.29, 0.717) is 12.0 Å². The summed E-state index contributed by atoms with van der Waals surface area (Å²) in [5.41, 5.74) is 10.6. The lowest BCUT2D eigenvalue weighted by Gasteiger charge is -2.04. The molecule has 1 aliphatic carbocycles. The third kappa shape index (κ3) is 1.25. The van der Waals surface area contributed by atoms with Gasteiger partial charge in [-0.05, 0) is 24.0 Å². The highest BCUT2D eigenvalue weighted by Gasteiger charge is 2.57. The van der Waals surface area contributed by atoms with E-state index in [4.69, 9.17) is 5.73 Å². The van der Waals surface area contributed by atoms with Crippen molar-refractivity contribution in [1.82, 2.24) is 4.57 Å². The Balaban J connectivity index is 2.28. The largest absolute Gasteiger partial charge is 0.348 e. The number of hydrogen-bond donors (Lipinski definition) is 1. The second kappa shape index (κ2) is 3.14. The molecule has 90 valence electrons. The third-order valence-corrected chi connectivity index (χ3v) is 4.67. The summed E-state index contributed by atoms with van der Waals surface area (Å²) in [7, 11) is 2.14. The molecule has 1 aliphatic rings. The lowest BCUT2D eigenvalue weighted by Crippen LogP contribution is -2.06. The van der Waals surface area contributed by atoms with E-state index in [2.05, 4.69) is 56.7 Å². The molecule has 1 heterocycles. The van der Waals surface area contributed by atoms with Gasteiger partial charge in [-0.25, -0.2) is 0 Å². The van der Waals surface area contributed by atoms with Crippen LogP contribution in [0.1, 0.15) is 31.0 Å². The molecule has 2 heteroatoms. The molecule has 0 bridgehead atoms. The molecule has 2 aromatic rings. The summed E-state index contributed by atoms with van der Waals surface area (Å²) in [5, 5.41) is 1.37. The maximum atomic E-state index is 6.24. The summed E-state index contributed by atoms with van der Waals surface area (Å²) in [6.45, 7) is 6.74. The van der Waals surface area contributed by atoms with E-state index in [1.54, 1.807) is 0 Å². The van der Waals surface area contributed by atoms with Gasteiger partial charge in [-0.1, -0.05) is 32.0 Å². The Hall–Kier alpha value is -1.28. The zero-order valence-corrected chi connectivity index (χ0v) is 11.0. The molecular weight excluding hydrogens is 208 g/mol. The highest BCUT2D eigenvalue weighted by molar-refractivity contribution is 5.87. The molecule has 1 aromatic heterocycles. The third-order valence-electron chi connectivity index (χ3n) is 4.67. The monoisotopic (exact) mass is 228 g/mol. The van der Waals surface area contributed by atoms with Crippen molar-refractivity contribution in [2.75, 3.05) is 0 Å². The van der Waals surface area contributed by atoms with Crippen LogP contribution in [0.4, 0.5) is 0 Å². The van der Waals surface area contributed by atoms with Crippen molar-refractivity contribution in [2.45, 2.75) is 32.7 Å². The van der Waals surface area contributed by atoms with Gasteiger partial charge in [0.1, 0.15) is 0 Å². The van der Waals surface area contributed by atoms with Crippen molar-refractivity contribution in [2.24, 2.45) is 18.2 Å². The van der Waals surface area contributed by atoms with E-state index in [0.717, 1.165) is 0 Å². The summed E-state index contributed by atoms with van der Waals surface area (Å²) in [5.74, 6) is 0.508. The van der Waals surface area contributed by atoms with Crippen molar-refractivity contribution in [3.05, 3.63) is 35.5 Å². The van der Waals surface area contributed by atoms with Gasteiger partial charge in [0.2, 0.25) is 0 Å². The maximum absolute atomic E-state index is 6.24. The van der Waals surface area contributed by atoms with Crippen molar-refractivity contribution >= 4 is 10.9 Å². The second-order valence-electron chi connectivity index (χ2n) is 5.90. The van der Waals surface area contributed by atoms with Gasteiger partial charge in [-0.15, -0.1) is 0 Å². The molecule has 1 saturated carbocycles. The van der Waals surface area contributed by atoms with Crippen molar-refractivity contribution in [1.29, 1.82) is 0 Å². The molecule has 2 N–H and O–H groups in total. The predicted octanol–water partition coefficient (Wildman–Crippen LogP) is 2.94. The summed E-state index contributed by atoms with van der Waals surface area (Å²) in [6, 6.07) is 8.92. The van der Waals surface area contributed by atoms with Crippen LogP contribution in [0.2, 0.25) is 0 Å². The zero-order valence-electron chi connectivity index (χ0n) is 11.0. The average molecular weight is 228 g/mol. The van der Waals surface area contributed by atoms with Crippen LogP contribution in [0.5, 0.6) is 0 Å². The summed E-state index contributed by atoms with van der Waals surface area (Å²) >= 11 is 0. The van der Waals surface area contributed by atoms with Gasteiger partial charge in [0.25, 0.3) is 0 Å². The van der Waals surface area contributed by atoms with Crippen molar-refractivity contribution in [3.8, 4) is 0 Å². The van der Waals surface area contributed by atoms with Gasteiger partial charge in [0.05, 0.1) is 0 Å². The minimum Gasteiger partial charge on any atom is -0.348 e. The number of fused-ring (bicyclic) bond motifs is 1. The van der Waals surface area contributed by atoms with Crippen LogP contribution in [0.15, 0.2) is 24.3 Å². The molecule has 17 heavy (non-hydrogen) atoms. The predicted molar refractivity (Wildman–Crippen MR) is 72.2 cm³/mol. The molecule has 0 spiro atoms. The lowest BCUT2D eigenvalue weighted by atomic mass is 10.0. The molecule has 0 aliphatic heterocycles. The van der Waals surface area contributed by atoms with E-state index in [1.807, 2.05) is 0 Å². The molecule has 1 fully saturated rings. The Labute approximate surface area is 102 Å². The first-order chi connectivity index (χ1) is 7.96. The summed E-state index contributed by atoms with van der Waals surface area (Å²) in [6.07, 6.45) is 0. The molecule has 0 radical (unpaired) electrons. The Bertz CT molecular complexity index is 592. The molecule has 2 nitrogen and oxygen atoms in total. The topological polar surface area (TPSA) is 30.9 Å². The minimum atomic E-state index is 0.245. The normalized spacial score (nSPS) is 26.4. The van der Waals surface area contributed by atoms with Gasteiger partial charge in [0, 0.05) is 35.6 Å². The number of benzene rings is 1. The van der Waals surface area contributed by atoms with Crippen LogP contribution in [0, 0.1) is 12.3 Å². The zero-order chi connectivity index (χ0) is 12.4. The summed E-state index contributed by atoms with van der Waals surface area (Å²) < 4.78 is 2.28. The molecule has 1 aromatic carbocycles. The number of nitrogens with zero attached hydrogens (tertiary/aromatic N) is 1. The average Bonchev–Trinajstić information content (AvgIpc) is 2.67. The molecule has 0 saturated heterocycles. The van der Waals surface area contributed by atoms with Crippen LogP contribution < -0.4 is 5.73 Å². The van der Waals surface area contributed by atoms with E-state index in [9.17, 15) is 0 Å². The molecular formula is C15H20N2. The highest BCUT2D eigenvalue weighted by atomic mass is 15.0. The first kappa shape index (κ1) is 10.8. The van der Waals surface area contributed by atoms with Crippen LogP contribution in [0.25, 0.3) is 10.9 Å². The quantitative estimate of drug-likeness (QED) is 0.799.